The van der Waals surface area contributed by atoms with Crippen LogP contribution in [-0.2, 0) is 0 Å². The lowest BCUT2D eigenvalue weighted by atomic mass is 10.2. The van der Waals surface area contributed by atoms with Crippen LogP contribution in [0, 0.1) is 11.3 Å². The number of hydrogen-bond donors (Lipinski definition) is 2. The fourth-order valence-electron chi connectivity index (χ4n) is 1.09. The van der Waals surface area contributed by atoms with E-state index in [2.05, 4.69) is 15.3 Å². The Morgan fingerprint density at radius 2 is 2.33 bits per heavy atom. The van der Waals surface area contributed by atoms with E-state index in [1.165, 1.54) is 12.4 Å². The summed E-state index contributed by atoms with van der Waals surface area (Å²) >= 11 is 0. The van der Waals surface area contributed by atoms with Crippen molar-refractivity contribution >= 4 is 5.82 Å². The summed E-state index contributed by atoms with van der Waals surface area (Å²) in [4.78, 5) is 7.88. The van der Waals surface area contributed by atoms with Crippen molar-refractivity contribution in [3.63, 3.8) is 0 Å². The third-order valence-corrected chi connectivity index (χ3v) is 1.87. The highest BCUT2D eigenvalue weighted by Crippen LogP contribution is 2.01. The lowest BCUT2D eigenvalue weighted by Gasteiger charge is -2.05. The number of aliphatic hydroxyl groups excluding tert-OH is 1. The van der Waals surface area contributed by atoms with Gasteiger partial charge in [-0.15, -0.1) is 0 Å². The summed E-state index contributed by atoms with van der Waals surface area (Å²) in [5.74, 6) is 0.652. The van der Waals surface area contributed by atoms with Crippen LogP contribution in [0.2, 0.25) is 0 Å². The first kappa shape index (κ1) is 11.4. The quantitative estimate of drug-likeness (QED) is 0.700. The monoisotopic (exact) mass is 206 g/mol. The van der Waals surface area contributed by atoms with Crippen molar-refractivity contribution in [3.05, 3.63) is 18.1 Å². The van der Waals surface area contributed by atoms with Gasteiger partial charge in [-0.05, 0) is 19.8 Å². The molecule has 0 aliphatic heterocycles. The maximum absolute atomic E-state index is 9.03. The van der Waals surface area contributed by atoms with E-state index in [0.717, 1.165) is 19.4 Å². The maximum atomic E-state index is 9.03. The summed E-state index contributed by atoms with van der Waals surface area (Å²) in [5.41, 5.74) is 0.310. The average molecular weight is 206 g/mol. The summed E-state index contributed by atoms with van der Waals surface area (Å²) in [5, 5.41) is 20.6. The molecule has 0 aliphatic rings. The van der Waals surface area contributed by atoms with E-state index in [0.29, 0.717) is 11.5 Å². The van der Waals surface area contributed by atoms with Crippen LogP contribution in [0.25, 0.3) is 0 Å². The molecule has 0 bridgehead atoms. The van der Waals surface area contributed by atoms with Crippen LogP contribution >= 0.6 is 0 Å². The van der Waals surface area contributed by atoms with Crippen molar-refractivity contribution in [1.29, 1.82) is 5.26 Å². The molecule has 1 heterocycles. The molecule has 0 radical (unpaired) electrons. The van der Waals surface area contributed by atoms with Gasteiger partial charge in [-0.1, -0.05) is 0 Å². The van der Waals surface area contributed by atoms with Gasteiger partial charge in [-0.2, -0.15) is 5.26 Å². The number of aromatic nitrogens is 2. The van der Waals surface area contributed by atoms with E-state index in [9.17, 15) is 0 Å². The molecule has 80 valence electrons. The minimum absolute atomic E-state index is 0.265. The Morgan fingerprint density at radius 3 is 2.87 bits per heavy atom. The zero-order valence-electron chi connectivity index (χ0n) is 8.64. The van der Waals surface area contributed by atoms with Crippen LogP contribution in [0.1, 0.15) is 25.5 Å². The second-order valence-corrected chi connectivity index (χ2v) is 3.32. The van der Waals surface area contributed by atoms with Crippen molar-refractivity contribution in [2.24, 2.45) is 0 Å². The van der Waals surface area contributed by atoms with E-state index in [-0.39, 0.29) is 6.10 Å². The summed E-state index contributed by atoms with van der Waals surface area (Å²) < 4.78 is 0. The summed E-state index contributed by atoms with van der Waals surface area (Å²) in [6.45, 7) is 2.51. The molecule has 1 atom stereocenters. The number of aliphatic hydroxyl groups is 1. The highest BCUT2D eigenvalue weighted by molar-refractivity contribution is 5.32. The Balaban J connectivity index is 2.29. The molecular weight excluding hydrogens is 192 g/mol. The van der Waals surface area contributed by atoms with E-state index >= 15 is 0 Å². The van der Waals surface area contributed by atoms with Crippen molar-refractivity contribution in [3.8, 4) is 6.07 Å². The Hall–Kier alpha value is -1.67. The minimum Gasteiger partial charge on any atom is -0.393 e. The molecule has 0 spiro atoms. The van der Waals surface area contributed by atoms with Gasteiger partial charge in [0.1, 0.15) is 11.9 Å². The van der Waals surface area contributed by atoms with Crippen molar-refractivity contribution < 1.29 is 5.11 Å². The maximum Gasteiger partial charge on any atom is 0.158 e. The average Bonchev–Trinajstić information content (AvgIpc) is 2.25. The largest absolute Gasteiger partial charge is 0.393 e. The summed E-state index contributed by atoms with van der Waals surface area (Å²) in [6, 6.07) is 1.90. The zero-order valence-corrected chi connectivity index (χ0v) is 8.64. The fraction of sp³-hybridized carbons (Fsp3) is 0.500. The van der Waals surface area contributed by atoms with Gasteiger partial charge in [0.05, 0.1) is 18.5 Å². The lowest BCUT2D eigenvalue weighted by Crippen LogP contribution is -2.07. The number of nitrogens with zero attached hydrogens (tertiary/aromatic N) is 3. The van der Waals surface area contributed by atoms with Gasteiger partial charge in [-0.3, -0.25) is 0 Å². The predicted octanol–water partition coefficient (Wildman–Crippen LogP) is 0.921. The van der Waals surface area contributed by atoms with Gasteiger partial charge >= 0.3 is 0 Å². The molecule has 1 aromatic rings. The second-order valence-electron chi connectivity index (χ2n) is 3.32. The minimum atomic E-state index is -0.265. The van der Waals surface area contributed by atoms with Crippen LogP contribution in [0.5, 0.6) is 0 Å². The molecule has 0 saturated carbocycles. The fourth-order valence-corrected chi connectivity index (χ4v) is 1.09. The molecule has 0 aliphatic carbocycles. The molecule has 0 saturated heterocycles. The van der Waals surface area contributed by atoms with Gasteiger partial charge in [-0.25, -0.2) is 9.97 Å². The number of nitriles is 1. The van der Waals surface area contributed by atoms with Gasteiger partial charge in [0.15, 0.2) is 5.69 Å². The van der Waals surface area contributed by atoms with Crippen molar-refractivity contribution in [2.45, 2.75) is 25.9 Å². The van der Waals surface area contributed by atoms with Crippen LogP contribution < -0.4 is 5.32 Å². The Bertz CT molecular complexity index is 328. The van der Waals surface area contributed by atoms with Gasteiger partial charge in [0.25, 0.3) is 0 Å². The molecule has 5 nitrogen and oxygen atoms in total. The normalized spacial score (nSPS) is 11.8. The number of anilines is 1. The van der Waals surface area contributed by atoms with Gasteiger partial charge in [0.2, 0.25) is 0 Å². The molecular formula is C10H14N4O. The zero-order chi connectivity index (χ0) is 11.1. The number of rotatable bonds is 5. The topological polar surface area (TPSA) is 81.8 Å². The number of hydrogen-bond acceptors (Lipinski definition) is 5. The number of nitrogens with one attached hydrogen (secondary N) is 1. The first-order valence-electron chi connectivity index (χ1n) is 4.86. The molecule has 1 aromatic heterocycles. The molecule has 0 amide bonds. The van der Waals surface area contributed by atoms with E-state index in [4.69, 9.17) is 10.4 Å². The van der Waals surface area contributed by atoms with Crippen LogP contribution in [-0.4, -0.2) is 27.7 Å². The molecule has 1 rings (SSSR count). The first-order chi connectivity index (χ1) is 7.22. The smallest absolute Gasteiger partial charge is 0.158 e. The highest BCUT2D eigenvalue weighted by atomic mass is 16.3. The van der Waals surface area contributed by atoms with E-state index in [1.54, 1.807) is 6.92 Å². The highest BCUT2D eigenvalue weighted by Gasteiger charge is 1.97. The van der Waals surface area contributed by atoms with Crippen molar-refractivity contribution in [2.75, 3.05) is 11.9 Å². The Kier molecular flexibility index (Phi) is 4.51. The Labute approximate surface area is 88.8 Å². The van der Waals surface area contributed by atoms with E-state index < -0.39 is 0 Å². The standard InChI is InChI=1S/C10H14N4O/c1-8(15)3-2-4-12-10-7-13-9(5-11)6-14-10/h6-8,15H,2-4H2,1H3,(H,12,14). The molecule has 15 heavy (non-hydrogen) atoms. The third-order valence-electron chi connectivity index (χ3n) is 1.87. The molecule has 5 heteroatoms. The van der Waals surface area contributed by atoms with Crippen molar-refractivity contribution in [1.82, 2.24) is 9.97 Å². The van der Waals surface area contributed by atoms with Crippen LogP contribution in [0.4, 0.5) is 5.82 Å². The molecule has 0 aromatic carbocycles. The van der Waals surface area contributed by atoms with Gasteiger partial charge < -0.3 is 10.4 Å². The van der Waals surface area contributed by atoms with E-state index in [1.807, 2.05) is 6.07 Å². The SMILES string of the molecule is CC(O)CCCNc1cnc(C#N)cn1. The summed E-state index contributed by atoms with van der Waals surface area (Å²) in [7, 11) is 0. The van der Waals surface area contributed by atoms with Crippen LogP contribution in [0.15, 0.2) is 12.4 Å². The third kappa shape index (κ3) is 4.38. The lowest BCUT2D eigenvalue weighted by molar-refractivity contribution is 0.183. The molecule has 1 unspecified atom stereocenters. The first-order valence-corrected chi connectivity index (χ1v) is 4.86. The van der Waals surface area contributed by atoms with Crippen LogP contribution in [0.3, 0.4) is 0 Å². The van der Waals surface area contributed by atoms with Gasteiger partial charge in [0, 0.05) is 6.54 Å². The molecule has 2 N–H and O–H groups in total. The summed E-state index contributed by atoms with van der Waals surface area (Å²) in [6.07, 6.45) is 4.33. The predicted molar refractivity (Wildman–Crippen MR) is 56.2 cm³/mol. The second kappa shape index (κ2) is 5.94. The molecule has 0 fully saturated rings. The Morgan fingerprint density at radius 1 is 1.53 bits per heavy atom.